The van der Waals surface area contributed by atoms with Crippen molar-refractivity contribution < 1.29 is 14.3 Å². The van der Waals surface area contributed by atoms with Crippen LogP contribution in [-0.4, -0.2) is 21.7 Å². The van der Waals surface area contributed by atoms with Crippen LogP contribution in [0.15, 0.2) is 60.1 Å². The topological polar surface area (TPSA) is 69.2 Å². The summed E-state index contributed by atoms with van der Waals surface area (Å²) >= 11 is 1.45. The van der Waals surface area contributed by atoms with Crippen LogP contribution in [0.5, 0.6) is 0 Å². The number of esters is 1. The zero-order valence-electron chi connectivity index (χ0n) is 13.4. The van der Waals surface area contributed by atoms with E-state index in [0.29, 0.717) is 11.3 Å². The van der Waals surface area contributed by atoms with Gasteiger partial charge < -0.3 is 4.74 Å². The molecule has 0 saturated heterocycles. The number of carbonyl (C=O) groups is 2. The number of Topliss-reactive ketones (excluding diaryl/α,β-unsaturated/α-hetero) is 1. The molecule has 25 heavy (non-hydrogen) atoms. The first-order chi connectivity index (χ1) is 12.2. The normalized spacial score (nSPS) is 10.4. The average Bonchev–Trinajstić information content (AvgIpc) is 3.15. The lowest BCUT2D eigenvalue weighted by atomic mass is 10.1. The number of hydrogen-bond acceptors (Lipinski definition) is 6. The molecule has 5 nitrogen and oxygen atoms in total. The Kier molecular flexibility index (Phi) is 5.64. The third-order valence-corrected chi connectivity index (χ3v) is 4.38. The van der Waals surface area contributed by atoms with Gasteiger partial charge in [0.05, 0.1) is 17.8 Å². The van der Waals surface area contributed by atoms with Gasteiger partial charge in [-0.15, -0.1) is 11.3 Å². The van der Waals surface area contributed by atoms with E-state index in [1.807, 2.05) is 29.6 Å². The second kappa shape index (κ2) is 8.30. The van der Waals surface area contributed by atoms with Gasteiger partial charge in [0, 0.05) is 23.6 Å². The summed E-state index contributed by atoms with van der Waals surface area (Å²) in [6.45, 7) is 0.0989. The molecule has 0 amide bonds. The molecule has 0 radical (unpaired) electrons. The minimum Gasteiger partial charge on any atom is -0.459 e. The summed E-state index contributed by atoms with van der Waals surface area (Å²) in [5, 5.41) is 2.62. The maximum Gasteiger partial charge on any atom is 0.306 e. The molecule has 2 aromatic heterocycles. The van der Waals surface area contributed by atoms with E-state index in [1.54, 1.807) is 30.5 Å². The third-order valence-electron chi connectivity index (χ3n) is 3.47. The van der Waals surface area contributed by atoms with Crippen molar-refractivity contribution >= 4 is 23.1 Å². The van der Waals surface area contributed by atoms with Crippen molar-refractivity contribution in [2.45, 2.75) is 19.4 Å². The van der Waals surface area contributed by atoms with Crippen molar-refractivity contribution in [3.63, 3.8) is 0 Å². The zero-order valence-corrected chi connectivity index (χ0v) is 14.2. The van der Waals surface area contributed by atoms with E-state index < -0.39 is 5.97 Å². The minimum atomic E-state index is -0.406. The average molecular weight is 352 g/mol. The van der Waals surface area contributed by atoms with Crippen LogP contribution in [-0.2, 0) is 16.1 Å². The van der Waals surface area contributed by atoms with Gasteiger partial charge in [-0.2, -0.15) is 0 Å². The number of benzene rings is 1. The van der Waals surface area contributed by atoms with E-state index in [2.05, 4.69) is 9.97 Å². The maximum absolute atomic E-state index is 12.0. The van der Waals surface area contributed by atoms with Crippen molar-refractivity contribution in [2.24, 2.45) is 0 Å². The maximum atomic E-state index is 12.0. The molecule has 0 bridgehead atoms. The minimum absolute atomic E-state index is 0.0605. The molecule has 6 heteroatoms. The molecule has 0 spiro atoms. The third kappa shape index (κ3) is 4.81. The Morgan fingerprint density at radius 1 is 1.00 bits per heavy atom. The van der Waals surface area contributed by atoms with E-state index in [9.17, 15) is 9.59 Å². The number of ether oxygens (including phenoxy) is 1. The molecule has 0 aliphatic rings. The predicted molar refractivity (Wildman–Crippen MR) is 95.1 cm³/mol. The number of carbonyl (C=O) groups excluding carboxylic acids is 2. The molecule has 3 rings (SSSR count). The van der Waals surface area contributed by atoms with E-state index >= 15 is 0 Å². The molecule has 0 fully saturated rings. The Morgan fingerprint density at radius 3 is 2.56 bits per heavy atom. The van der Waals surface area contributed by atoms with Crippen molar-refractivity contribution in [1.29, 1.82) is 0 Å². The summed E-state index contributed by atoms with van der Waals surface area (Å²) in [4.78, 5) is 32.4. The molecule has 0 aliphatic carbocycles. The number of thiazole rings is 1. The second-order valence-corrected chi connectivity index (χ2v) is 6.17. The van der Waals surface area contributed by atoms with Gasteiger partial charge >= 0.3 is 5.97 Å². The van der Waals surface area contributed by atoms with Crippen LogP contribution < -0.4 is 0 Å². The lowest BCUT2D eigenvalue weighted by Crippen LogP contribution is -2.08. The molecule has 126 valence electrons. The van der Waals surface area contributed by atoms with Gasteiger partial charge in [0.1, 0.15) is 11.6 Å². The lowest BCUT2D eigenvalue weighted by Gasteiger charge is -2.03. The summed E-state index contributed by atoms with van der Waals surface area (Å²) < 4.78 is 5.20. The van der Waals surface area contributed by atoms with Crippen LogP contribution in [0.3, 0.4) is 0 Å². The van der Waals surface area contributed by atoms with Gasteiger partial charge in [0.15, 0.2) is 5.78 Å². The first-order valence-corrected chi connectivity index (χ1v) is 8.70. The fourth-order valence-electron chi connectivity index (χ4n) is 2.19. The second-order valence-electron chi connectivity index (χ2n) is 5.31. The first-order valence-electron chi connectivity index (χ1n) is 7.82. The highest BCUT2D eigenvalue weighted by molar-refractivity contribution is 7.13. The number of ketones is 1. The van der Waals surface area contributed by atoms with Crippen molar-refractivity contribution in [3.8, 4) is 10.7 Å². The number of rotatable bonds is 7. The molecule has 3 aromatic rings. The molecule has 0 saturated carbocycles. The van der Waals surface area contributed by atoms with E-state index in [0.717, 1.165) is 10.7 Å². The summed E-state index contributed by atoms with van der Waals surface area (Å²) in [6, 6.07) is 14.5. The van der Waals surface area contributed by atoms with Gasteiger partial charge in [0.2, 0.25) is 0 Å². The summed E-state index contributed by atoms with van der Waals surface area (Å²) in [5.41, 5.74) is 2.07. The van der Waals surface area contributed by atoms with Gasteiger partial charge in [-0.1, -0.05) is 36.4 Å². The van der Waals surface area contributed by atoms with Crippen LogP contribution in [0.4, 0.5) is 0 Å². The molecule has 0 aliphatic heterocycles. The lowest BCUT2D eigenvalue weighted by molar-refractivity contribution is -0.145. The molecule has 0 atom stereocenters. The van der Waals surface area contributed by atoms with Crippen molar-refractivity contribution in [1.82, 2.24) is 9.97 Å². The highest BCUT2D eigenvalue weighted by atomic mass is 32.1. The summed E-state index contributed by atoms with van der Waals surface area (Å²) in [6.07, 6.45) is 1.91. The SMILES string of the molecule is O=C(CCC(=O)c1ccccc1)OCc1csc(-c2ccccn2)n1. The molecule has 1 aromatic carbocycles. The number of aromatic nitrogens is 2. The summed E-state index contributed by atoms with van der Waals surface area (Å²) in [7, 11) is 0. The van der Waals surface area contributed by atoms with E-state index in [1.165, 1.54) is 11.3 Å². The highest BCUT2D eigenvalue weighted by Gasteiger charge is 2.11. The molecular weight excluding hydrogens is 336 g/mol. The van der Waals surface area contributed by atoms with E-state index in [4.69, 9.17) is 4.74 Å². The fourth-order valence-corrected chi connectivity index (χ4v) is 2.97. The quantitative estimate of drug-likeness (QED) is 0.476. The van der Waals surface area contributed by atoms with Gasteiger partial charge in [-0.3, -0.25) is 14.6 Å². The van der Waals surface area contributed by atoms with Crippen LogP contribution >= 0.6 is 11.3 Å². The molecular formula is C19H16N2O3S. The standard InChI is InChI=1S/C19H16N2O3S/c22-17(14-6-2-1-3-7-14)9-10-18(23)24-12-15-13-25-19(21-15)16-8-4-5-11-20-16/h1-8,11,13H,9-10,12H2. The predicted octanol–water partition coefficient (Wildman–Crippen LogP) is 3.91. The van der Waals surface area contributed by atoms with Crippen LogP contribution in [0.2, 0.25) is 0 Å². The van der Waals surface area contributed by atoms with Crippen molar-refractivity contribution in [3.05, 3.63) is 71.4 Å². The van der Waals surface area contributed by atoms with Crippen molar-refractivity contribution in [2.75, 3.05) is 0 Å². The van der Waals surface area contributed by atoms with Crippen LogP contribution in [0.1, 0.15) is 28.9 Å². The fraction of sp³-hybridized carbons (Fsp3) is 0.158. The smallest absolute Gasteiger partial charge is 0.306 e. The van der Waals surface area contributed by atoms with Gasteiger partial charge in [-0.05, 0) is 12.1 Å². The Balaban J connectivity index is 1.47. The van der Waals surface area contributed by atoms with Crippen LogP contribution in [0.25, 0.3) is 10.7 Å². The number of nitrogens with zero attached hydrogens (tertiary/aromatic N) is 2. The van der Waals surface area contributed by atoms with Gasteiger partial charge in [0.25, 0.3) is 0 Å². The zero-order chi connectivity index (χ0) is 17.5. The Bertz CT molecular complexity index is 847. The molecule has 0 N–H and O–H groups in total. The Labute approximate surface area is 149 Å². The molecule has 2 heterocycles. The van der Waals surface area contributed by atoms with E-state index in [-0.39, 0.29) is 25.2 Å². The Hall–Kier alpha value is -2.86. The molecule has 0 unspecified atom stereocenters. The number of hydrogen-bond donors (Lipinski definition) is 0. The Morgan fingerprint density at radius 2 is 1.80 bits per heavy atom. The van der Waals surface area contributed by atoms with Gasteiger partial charge in [-0.25, -0.2) is 4.98 Å². The largest absolute Gasteiger partial charge is 0.459 e. The highest BCUT2D eigenvalue weighted by Crippen LogP contribution is 2.21. The monoisotopic (exact) mass is 352 g/mol. The number of pyridine rings is 1. The first kappa shape index (κ1) is 17.0. The van der Waals surface area contributed by atoms with Crippen LogP contribution in [0, 0.1) is 0 Å². The summed E-state index contributed by atoms with van der Waals surface area (Å²) in [5.74, 6) is -0.472.